The van der Waals surface area contributed by atoms with Crippen molar-refractivity contribution in [3.05, 3.63) is 72.3 Å². The molecule has 39 heavy (non-hydrogen) atoms. The summed E-state index contributed by atoms with van der Waals surface area (Å²) in [5.41, 5.74) is 3.76. The van der Waals surface area contributed by atoms with Gasteiger partial charge in [-0.05, 0) is 55.3 Å². The summed E-state index contributed by atoms with van der Waals surface area (Å²) in [5.74, 6) is 1.52. The molecule has 9 nitrogen and oxygen atoms in total. The van der Waals surface area contributed by atoms with Gasteiger partial charge in [-0.1, -0.05) is 18.2 Å². The normalized spacial score (nSPS) is 15.2. The zero-order valence-corrected chi connectivity index (χ0v) is 22.5. The fourth-order valence-electron chi connectivity index (χ4n) is 5.22. The Kier molecular flexibility index (Phi) is 8.05. The van der Waals surface area contributed by atoms with E-state index in [1.165, 1.54) is 0 Å². The fraction of sp³-hybridized carbons (Fsp3) is 0.333. The van der Waals surface area contributed by atoms with Gasteiger partial charge in [0, 0.05) is 62.4 Å². The number of hydrogen-bond acceptors (Lipinski definition) is 6. The molecule has 0 spiro atoms. The second-order valence-electron chi connectivity index (χ2n) is 9.69. The standard InChI is InChI=1S/C30H35N5O4/c1-38-24-9-7-8-22(20-24)31-30(37)32-23-12-13-26(25(21-23)29(36)35-14-5-6-15-35)33-16-18-34(19-17-33)27-10-3-4-11-28(27)39-2/h3-4,7-13,20-21H,5-6,14-19H2,1-2H3,(H2,31,32,37). The van der Waals surface area contributed by atoms with Crippen LogP contribution in [-0.4, -0.2) is 70.3 Å². The topological polar surface area (TPSA) is 86.4 Å². The van der Waals surface area contributed by atoms with Gasteiger partial charge >= 0.3 is 6.03 Å². The Morgan fingerprint density at radius 1 is 0.692 bits per heavy atom. The molecule has 204 valence electrons. The van der Waals surface area contributed by atoms with Gasteiger partial charge in [0.1, 0.15) is 11.5 Å². The molecular formula is C30H35N5O4. The number of likely N-dealkylation sites (tertiary alicyclic amines) is 1. The molecule has 2 N–H and O–H groups in total. The number of nitrogens with one attached hydrogen (secondary N) is 2. The summed E-state index contributed by atoms with van der Waals surface area (Å²) in [7, 11) is 3.27. The fourth-order valence-corrected chi connectivity index (χ4v) is 5.22. The summed E-state index contributed by atoms with van der Waals surface area (Å²) in [4.78, 5) is 32.8. The number of carbonyl (C=O) groups excluding carboxylic acids is 2. The first-order chi connectivity index (χ1) is 19.1. The summed E-state index contributed by atoms with van der Waals surface area (Å²) in [6.45, 7) is 4.66. The molecule has 0 radical (unpaired) electrons. The van der Waals surface area contributed by atoms with E-state index in [0.29, 0.717) is 22.7 Å². The van der Waals surface area contributed by atoms with Crippen LogP contribution in [0.25, 0.3) is 0 Å². The maximum Gasteiger partial charge on any atom is 0.323 e. The van der Waals surface area contributed by atoms with Crippen molar-refractivity contribution >= 4 is 34.7 Å². The minimum atomic E-state index is -0.388. The Morgan fingerprint density at radius 2 is 1.36 bits per heavy atom. The van der Waals surface area contributed by atoms with E-state index >= 15 is 0 Å². The number of ether oxygens (including phenoxy) is 2. The highest BCUT2D eigenvalue weighted by Crippen LogP contribution is 2.32. The van der Waals surface area contributed by atoms with Crippen LogP contribution in [0.1, 0.15) is 23.2 Å². The average molecular weight is 530 g/mol. The maximum atomic E-state index is 13.6. The Morgan fingerprint density at radius 3 is 2.05 bits per heavy atom. The Labute approximate surface area is 229 Å². The number of urea groups is 1. The molecule has 0 atom stereocenters. The van der Waals surface area contributed by atoms with E-state index in [4.69, 9.17) is 9.47 Å². The van der Waals surface area contributed by atoms with Crippen molar-refractivity contribution < 1.29 is 19.1 Å². The molecule has 0 saturated carbocycles. The van der Waals surface area contributed by atoms with Gasteiger partial charge in [-0.15, -0.1) is 0 Å². The van der Waals surface area contributed by atoms with E-state index in [0.717, 1.165) is 69.2 Å². The summed E-state index contributed by atoms with van der Waals surface area (Å²) in [5, 5.41) is 5.71. The second-order valence-corrected chi connectivity index (χ2v) is 9.69. The lowest BCUT2D eigenvalue weighted by Crippen LogP contribution is -2.47. The molecule has 0 unspecified atom stereocenters. The van der Waals surface area contributed by atoms with Crippen molar-refractivity contribution in [3.8, 4) is 11.5 Å². The van der Waals surface area contributed by atoms with Crippen molar-refractivity contribution in [1.29, 1.82) is 0 Å². The van der Waals surface area contributed by atoms with E-state index < -0.39 is 0 Å². The van der Waals surface area contributed by atoms with Crippen molar-refractivity contribution in [2.24, 2.45) is 0 Å². The number of benzene rings is 3. The summed E-state index contributed by atoms with van der Waals surface area (Å²) >= 11 is 0. The lowest BCUT2D eigenvalue weighted by molar-refractivity contribution is 0.0793. The molecule has 5 rings (SSSR count). The van der Waals surface area contributed by atoms with Crippen molar-refractivity contribution in [2.45, 2.75) is 12.8 Å². The molecule has 0 bridgehead atoms. The number of hydrogen-bond donors (Lipinski definition) is 2. The molecule has 2 fully saturated rings. The van der Waals surface area contributed by atoms with Crippen molar-refractivity contribution in [1.82, 2.24) is 4.90 Å². The summed E-state index contributed by atoms with van der Waals surface area (Å²) in [6.07, 6.45) is 2.03. The van der Waals surface area contributed by atoms with Crippen LogP contribution in [0.4, 0.5) is 27.5 Å². The first-order valence-electron chi connectivity index (χ1n) is 13.3. The van der Waals surface area contributed by atoms with Crippen molar-refractivity contribution in [3.63, 3.8) is 0 Å². The summed E-state index contributed by atoms with van der Waals surface area (Å²) in [6, 6.07) is 20.4. The molecule has 2 aliphatic rings. The van der Waals surface area contributed by atoms with Gasteiger partial charge in [0.05, 0.1) is 25.5 Å². The largest absolute Gasteiger partial charge is 0.497 e. The highest BCUT2D eigenvalue weighted by atomic mass is 16.5. The number of methoxy groups -OCH3 is 2. The molecule has 3 amide bonds. The number of rotatable bonds is 7. The first kappa shape index (κ1) is 26.2. The van der Waals surface area contributed by atoms with Gasteiger partial charge < -0.3 is 34.8 Å². The third-order valence-corrected chi connectivity index (χ3v) is 7.25. The first-order valence-corrected chi connectivity index (χ1v) is 13.3. The van der Waals surface area contributed by atoms with Gasteiger partial charge in [0.2, 0.25) is 0 Å². The Bertz CT molecular complexity index is 1320. The smallest absolute Gasteiger partial charge is 0.323 e. The van der Waals surface area contributed by atoms with E-state index in [-0.39, 0.29) is 11.9 Å². The molecule has 2 heterocycles. The lowest BCUT2D eigenvalue weighted by atomic mass is 10.1. The third-order valence-electron chi connectivity index (χ3n) is 7.25. The second kappa shape index (κ2) is 12.0. The predicted molar refractivity (Wildman–Crippen MR) is 155 cm³/mol. The maximum absolute atomic E-state index is 13.6. The van der Waals surface area contributed by atoms with E-state index in [9.17, 15) is 9.59 Å². The van der Waals surface area contributed by atoms with E-state index in [2.05, 4.69) is 26.5 Å². The SMILES string of the molecule is COc1cccc(NC(=O)Nc2ccc(N3CCN(c4ccccc4OC)CC3)c(C(=O)N3CCCC3)c2)c1. The molecule has 0 aliphatic carbocycles. The number of amides is 3. The van der Waals surface area contributed by atoms with Crippen LogP contribution in [0.15, 0.2) is 66.7 Å². The highest BCUT2D eigenvalue weighted by molar-refractivity contribution is 6.04. The number of nitrogens with zero attached hydrogens (tertiary/aromatic N) is 3. The molecule has 0 aromatic heterocycles. The van der Waals surface area contributed by atoms with Crippen molar-refractivity contribution in [2.75, 3.05) is 73.9 Å². The monoisotopic (exact) mass is 529 g/mol. The third kappa shape index (κ3) is 6.03. The highest BCUT2D eigenvalue weighted by Gasteiger charge is 2.27. The molecular weight excluding hydrogens is 494 g/mol. The minimum Gasteiger partial charge on any atom is -0.497 e. The minimum absolute atomic E-state index is 0.00603. The summed E-state index contributed by atoms with van der Waals surface area (Å²) < 4.78 is 10.8. The number of anilines is 4. The average Bonchev–Trinajstić information content (AvgIpc) is 3.52. The van der Waals surface area contributed by atoms with Crippen LogP contribution in [0.3, 0.4) is 0 Å². The molecule has 9 heteroatoms. The van der Waals surface area contributed by atoms with Crippen LogP contribution in [-0.2, 0) is 0 Å². The quantitative estimate of drug-likeness (QED) is 0.452. The van der Waals surface area contributed by atoms with Crippen LogP contribution < -0.4 is 29.9 Å². The van der Waals surface area contributed by atoms with E-state index in [1.54, 1.807) is 32.4 Å². The molecule has 3 aromatic carbocycles. The number of para-hydroxylation sites is 2. The molecule has 2 aliphatic heterocycles. The van der Waals surface area contributed by atoms with E-state index in [1.807, 2.05) is 47.4 Å². The van der Waals surface area contributed by atoms with Crippen LogP contribution in [0.2, 0.25) is 0 Å². The van der Waals surface area contributed by atoms with Crippen LogP contribution >= 0.6 is 0 Å². The van der Waals surface area contributed by atoms with Crippen LogP contribution in [0.5, 0.6) is 11.5 Å². The Balaban J connectivity index is 1.33. The van der Waals surface area contributed by atoms with Gasteiger partial charge in [-0.2, -0.15) is 0 Å². The zero-order chi connectivity index (χ0) is 27.2. The van der Waals surface area contributed by atoms with Crippen LogP contribution in [0, 0.1) is 0 Å². The number of carbonyl (C=O) groups is 2. The van der Waals surface area contributed by atoms with Gasteiger partial charge in [-0.25, -0.2) is 4.79 Å². The number of piperazine rings is 1. The van der Waals surface area contributed by atoms with Gasteiger partial charge in [0.25, 0.3) is 5.91 Å². The molecule has 3 aromatic rings. The zero-order valence-electron chi connectivity index (χ0n) is 22.5. The molecule has 2 saturated heterocycles. The van der Waals surface area contributed by atoms with Gasteiger partial charge in [-0.3, -0.25) is 4.79 Å². The predicted octanol–water partition coefficient (Wildman–Crippen LogP) is 4.91. The Hall–Kier alpha value is -4.40. The van der Waals surface area contributed by atoms with Gasteiger partial charge in [0.15, 0.2) is 0 Å². The lowest BCUT2D eigenvalue weighted by Gasteiger charge is -2.38.